The zero-order valence-corrected chi connectivity index (χ0v) is 13.6. The largest absolute Gasteiger partial charge is 0.490 e. The van der Waals surface area contributed by atoms with E-state index in [4.69, 9.17) is 4.74 Å². The van der Waals surface area contributed by atoms with Gasteiger partial charge in [-0.15, -0.1) is 0 Å². The van der Waals surface area contributed by atoms with Crippen molar-refractivity contribution in [2.24, 2.45) is 5.10 Å². The fourth-order valence-corrected chi connectivity index (χ4v) is 2.75. The van der Waals surface area contributed by atoms with Crippen LogP contribution < -0.4 is 10.2 Å². The number of anilines is 1. The van der Waals surface area contributed by atoms with Crippen LogP contribution in [0.2, 0.25) is 0 Å². The zero-order chi connectivity index (χ0) is 17.7. The van der Waals surface area contributed by atoms with E-state index in [9.17, 15) is 13.2 Å². The fourth-order valence-electron chi connectivity index (χ4n) is 2.75. The van der Waals surface area contributed by atoms with Gasteiger partial charge in [-0.3, -0.25) is 5.43 Å². The first kappa shape index (κ1) is 17.3. The minimum absolute atomic E-state index is 0.320. The second-order valence-corrected chi connectivity index (χ2v) is 6.04. The quantitative estimate of drug-likeness (QED) is 0.574. The first-order chi connectivity index (χ1) is 12.0. The fraction of sp³-hybridized carbons (Fsp3) is 0.316. The Hall–Kier alpha value is -2.50. The highest BCUT2D eigenvalue weighted by Gasteiger charge is 2.29. The van der Waals surface area contributed by atoms with Gasteiger partial charge in [0.1, 0.15) is 5.75 Å². The van der Waals surface area contributed by atoms with Crippen LogP contribution in [0, 0.1) is 0 Å². The Bertz CT molecular complexity index is 703. The van der Waals surface area contributed by atoms with E-state index in [-0.39, 0.29) is 0 Å². The minimum atomic E-state index is -4.33. The summed E-state index contributed by atoms with van der Waals surface area (Å²) in [5.41, 5.74) is 3.40. The highest BCUT2D eigenvalue weighted by atomic mass is 19.4. The Morgan fingerprint density at radius 2 is 1.60 bits per heavy atom. The maximum absolute atomic E-state index is 12.5. The molecule has 0 aliphatic heterocycles. The minimum Gasteiger partial charge on any atom is -0.490 e. The zero-order valence-electron chi connectivity index (χ0n) is 13.6. The van der Waals surface area contributed by atoms with Gasteiger partial charge < -0.3 is 4.74 Å². The summed E-state index contributed by atoms with van der Waals surface area (Å²) in [6.07, 6.45) is 2.28. The molecule has 0 spiro atoms. The number of ether oxygens (including phenoxy) is 1. The molecule has 1 fully saturated rings. The summed E-state index contributed by atoms with van der Waals surface area (Å²) in [4.78, 5) is 0. The van der Waals surface area contributed by atoms with Crippen molar-refractivity contribution in [2.75, 3.05) is 5.43 Å². The number of hydrazone groups is 1. The van der Waals surface area contributed by atoms with E-state index in [2.05, 4.69) is 10.5 Å². The number of hydrogen-bond donors (Lipinski definition) is 1. The van der Waals surface area contributed by atoms with Gasteiger partial charge in [0.25, 0.3) is 0 Å². The van der Waals surface area contributed by atoms with E-state index in [1.807, 2.05) is 24.3 Å². The molecule has 2 aromatic rings. The van der Waals surface area contributed by atoms with Gasteiger partial charge >= 0.3 is 6.18 Å². The Labute approximate surface area is 144 Å². The molecular formula is C19H19F3N2O. The number of nitrogens with zero attached hydrogens (tertiary/aromatic N) is 1. The first-order valence-corrected chi connectivity index (χ1v) is 8.24. The molecular weight excluding hydrogens is 329 g/mol. The summed E-state index contributed by atoms with van der Waals surface area (Å²) in [5, 5.41) is 4.04. The first-order valence-electron chi connectivity index (χ1n) is 8.24. The maximum atomic E-state index is 12.5. The van der Waals surface area contributed by atoms with Crippen LogP contribution in [0.1, 0.15) is 36.8 Å². The average Bonchev–Trinajstić information content (AvgIpc) is 3.09. The van der Waals surface area contributed by atoms with Gasteiger partial charge in [-0.1, -0.05) is 0 Å². The number of benzene rings is 2. The normalized spacial score (nSPS) is 15.6. The summed E-state index contributed by atoms with van der Waals surface area (Å²) in [5.74, 6) is 0.847. The van der Waals surface area contributed by atoms with Crippen molar-refractivity contribution in [1.82, 2.24) is 0 Å². The van der Waals surface area contributed by atoms with Gasteiger partial charge in [0.2, 0.25) is 0 Å². The van der Waals surface area contributed by atoms with Gasteiger partial charge in [-0.05, 0) is 79.8 Å². The molecule has 132 valence electrons. The summed E-state index contributed by atoms with van der Waals surface area (Å²) < 4.78 is 43.4. The van der Waals surface area contributed by atoms with E-state index in [0.717, 1.165) is 36.3 Å². The molecule has 25 heavy (non-hydrogen) atoms. The van der Waals surface area contributed by atoms with Crippen LogP contribution in [-0.4, -0.2) is 12.3 Å². The molecule has 0 amide bonds. The molecule has 1 saturated carbocycles. The molecule has 0 atom stereocenters. The van der Waals surface area contributed by atoms with Gasteiger partial charge in [0, 0.05) is 0 Å². The molecule has 0 aromatic heterocycles. The van der Waals surface area contributed by atoms with Crippen LogP contribution in [-0.2, 0) is 6.18 Å². The maximum Gasteiger partial charge on any atom is 0.416 e. The predicted octanol–water partition coefficient (Wildman–Crippen LogP) is 5.47. The van der Waals surface area contributed by atoms with E-state index >= 15 is 0 Å². The number of rotatable bonds is 5. The monoisotopic (exact) mass is 348 g/mol. The summed E-state index contributed by atoms with van der Waals surface area (Å²) in [6, 6.07) is 12.3. The van der Waals surface area contributed by atoms with Crippen LogP contribution in [0.3, 0.4) is 0 Å². The topological polar surface area (TPSA) is 33.6 Å². The number of halogens is 3. The van der Waals surface area contributed by atoms with Gasteiger partial charge in [-0.2, -0.15) is 18.3 Å². The molecule has 0 bridgehead atoms. The van der Waals surface area contributed by atoms with Gasteiger partial charge in [-0.25, -0.2) is 0 Å². The van der Waals surface area contributed by atoms with E-state index < -0.39 is 11.7 Å². The van der Waals surface area contributed by atoms with Crippen LogP contribution in [0.4, 0.5) is 18.9 Å². The number of alkyl halides is 3. The lowest BCUT2D eigenvalue weighted by Crippen LogP contribution is -2.10. The lowest BCUT2D eigenvalue weighted by Gasteiger charge is -2.12. The molecule has 0 heterocycles. The molecule has 3 rings (SSSR count). The van der Waals surface area contributed by atoms with E-state index in [1.54, 1.807) is 6.21 Å². The summed E-state index contributed by atoms with van der Waals surface area (Å²) in [7, 11) is 0. The second kappa shape index (κ2) is 7.59. The summed E-state index contributed by atoms with van der Waals surface area (Å²) >= 11 is 0. The molecule has 0 saturated heterocycles. The Balaban J connectivity index is 1.53. The third kappa shape index (κ3) is 4.98. The van der Waals surface area contributed by atoms with Crippen molar-refractivity contribution in [3.05, 3.63) is 59.7 Å². The summed E-state index contributed by atoms with van der Waals surface area (Å²) in [6.45, 7) is 0. The van der Waals surface area contributed by atoms with E-state index in [0.29, 0.717) is 11.8 Å². The Morgan fingerprint density at radius 3 is 2.20 bits per heavy atom. The standard InChI is InChI=1S/C19H19F3N2O/c20-19(21,22)15-7-9-16(10-8-15)24-23-13-14-5-11-18(12-6-14)25-17-3-1-2-4-17/h5-13,17,24H,1-4H2. The lowest BCUT2D eigenvalue weighted by molar-refractivity contribution is -0.137. The van der Waals surface area contributed by atoms with Gasteiger partial charge in [0.15, 0.2) is 0 Å². The Morgan fingerprint density at radius 1 is 0.960 bits per heavy atom. The molecule has 0 unspecified atom stereocenters. The average molecular weight is 348 g/mol. The third-order valence-electron chi connectivity index (χ3n) is 4.10. The van der Waals surface area contributed by atoms with Gasteiger partial charge in [0.05, 0.1) is 23.6 Å². The van der Waals surface area contributed by atoms with Crippen molar-refractivity contribution in [1.29, 1.82) is 0 Å². The highest BCUT2D eigenvalue weighted by Crippen LogP contribution is 2.29. The smallest absolute Gasteiger partial charge is 0.416 e. The Kier molecular flexibility index (Phi) is 5.26. The van der Waals surface area contributed by atoms with Crippen LogP contribution >= 0.6 is 0 Å². The van der Waals surface area contributed by atoms with Crippen LogP contribution in [0.15, 0.2) is 53.6 Å². The van der Waals surface area contributed by atoms with E-state index in [1.165, 1.54) is 25.0 Å². The van der Waals surface area contributed by atoms with Crippen molar-refractivity contribution in [3.63, 3.8) is 0 Å². The second-order valence-electron chi connectivity index (χ2n) is 6.04. The third-order valence-corrected chi connectivity index (χ3v) is 4.10. The predicted molar refractivity (Wildman–Crippen MR) is 92.0 cm³/mol. The molecule has 1 aliphatic rings. The molecule has 1 aliphatic carbocycles. The molecule has 6 heteroatoms. The molecule has 0 radical (unpaired) electrons. The van der Waals surface area contributed by atoms with Crippen LogP contribution in [0.5, 0.6) is 5.75 Å². The van der Waals surface area contributed by atoms with Crippen LogP contribution in [0.25, 0.3) is 0 Å². The SMILES string of the molecule is FC(F)(F)c1ccc(NN=Cc2ccc(OC3CCCC3)cc2)cc1. The highest BCUT2D eigenvalue weighted by molar-refractivity contribution is 5.80. The number of hydrogen-bond acceptors (Lipinski definition) is 3. The lowest BCUT2D eigenvalue weighted by atomic mass is 10.2. The van der Waals surface area contributed by atoms with Crippen molar-refractivity contribution < 1.29 is 17.9 Å². The number of nitrogens with one attached hydrogen (secondary N) is 1. The van der Waals surface area contributed by atoms with Crippen molar-refractivity contribution >= 4 is 11.9 Å². The van der Waals surface area contributed by atoms with Crippen molar-refractivity contribution in [3.8, 4) is 5.75 Å². The van der Waals surface area contributed by atoms with Crippen molar-refractivity contribution in [2.45, 2.75) is 38.0 Å². The molecule has 3 nitrogen and oxygen atoms in total. The molecule has 1 N–H and O–H groups in total. The molecule has 2 aromatic carbocycles.